The molecule has 9 aromatic carbocycles. The minimum Gasteiger partial charge on any atom is -0.228 e. The Kier molecular flexibility index (Phi) is 9.09. The molecule has 0 radical (unpaired) electrons. The number of rotatable bonds is 8. The lowest BCUT2D eigenvalue weighted by Crippen LogP contribution is -2.28. The number of nitrogens with zero attached hydrogens (tertiary/aromatic N) is 2. The van der Waals surface area contributed by atoms with Crippen molar-refractivity contribution in [3.63, 3.8) is 0 Å². The van der Waals surface area contributed by atoms with Gasteiger partial charge in [0.25, 0.3) is 0 Å². The third kappa shape index (κ3) is 6.37. The summed E-state index contributed by atoms with van der Waals surface area (Å²) in [6, 6.07) is 87.0. The van der Waals surface area contributed by atoms with E-state index < -0.39 is 5.41 Å². The Balaban J connectivity index is 1.02. The van der Waals surface area contributed by atoms with Gasteiger partial charge in [-0.2, -0.15) is 0 Å². The van der Waals surface area contributed by atoms with Crippen molar-refractivity contribution in [1.29, 1.82) is 0 Å². The van der Waals surface area contributed by atoms with Crippen LogP contribution in [-0.4, -0.2) is 9.97 Å². The fourth-order valence-electron chi connectivity index (χ4n) is 9.33. The minimum atomic E-state index is -0.448. The Bertz CT molecular complexity index is 2980. The monoisotopic (exact) mass is 776 g/mol. The van der Waals surface area contributed by atoms with Gasteiger partial charge in [0.05, 0.1) is 16.8 Å². The Morgan fingerprint density at radius 2 is 0.639 bits per heavy atom. The summed E-state index contributed by atoms with van der Waals surface area (Å²) in [7, 11) is 0. The predicted molar refractivity (Wildman–Crippen MR) is 252 cm³/mol. The lowest BCUT2D eigenvalue weighted by atomic mass is 9.67. The molecule has 1 aliphatic carbocycles. The summed E-state index contributed by atoms with van der Waals surface area (Å²) >= 11 is 0. The third-order valence-electron chi connectivity index (χ3n) is 12.2. The van der Waals surface area contributed by atoms with Crippen LogP contribution in [0.5, 0.6) is 0 Å². The summed E-state index contributed by atoms with van der Waals surface area (Å²) in [6.45, 7) is 0. The zero-order valence-corrected chi connectivity index (χ0v) is 33.5. The highest BCUT2D eigenvalue weighted by molar-refractivity contribution is 5.95. The van der Waals surface area contributed by atoms with Crippen LogP contribution in [-0.2, 0) is 5.41 Å². The third-order valence-corrected chi connectivity index (χ3v) is 12.2. The van der Waals surface area contributed by atoms with E-state index in [-0.39, 0.29) is 0 Å². The number of aromatic nitrogens is 2. The molecule has 11 rings (SSSR count). The van der Waals surface area contributed by atoms with Gasteiger partial charge in [0.15, 0.2) is 5.82 Å². The second-order valence-electron chi connectivity index (χ2n) is 15.7. The van der Waals surface area contributed by atoms with Crippen LogP contribution in [0.1, 0.15) is 22.3 Å². The second-order valence-corrected chi connectivity index (χ2v) is 15.7. The highest BCUT2D eigenvalue weighted by Crippen LogP contribution is 2.58. The molecule has 0 saturated carbocycles. The quantitative estimate of drug-likeness (QED) is 0.154. The van der Waals surface area contributed by atoms with Crippen molar-refractivity contribution in [2.24, 2.45) is 0 Å². The SMILES string of the molecule is c1ccc(-c2ccc(-c3cc(-c4ccc(-c5cccc6c5-c5ccccc5C6(c5ccccc5)c5ccccc5)cc4)nc(-c4ccc(-c5ccccc5)cc4)n3)cc2)cc1. The van der Waals surface area contributed by atoms with E-state index in [1.807, 2.05) is 6.07 Å². The Morgan fingerprint density at radius 1 is 0.262 bits per heavy atom. The largest absolute Gasteiger partial charge is 0.228 e. The van der Waals surface area contributed by atoms with Crippen LogP contribution in [0, 0.1) is 0 Å². The van der Waals surface area contributed by atoms with Crippen molar-refractivity contribution in [3.05, 3.63) is 265 Å². The first-order valence-corrected chi connectivity index (χ1v) is 20.9. The summed E-state index contributed by atoms with van der Waals surface area (Å²) < 4.78 is 0. The molecule has 1 aromatic heterocycles. The van der Waals surface area contributed by atoms with Gasteiger partial charge in [-0.25, -0.2) is 9.97 Å². The molecule has 2 heteroatoms. The maximum absolute atomic E-state index is 5.23. The molecule has 10 aromatic rings. The van der Waals surface area contributed by atoms with Gasteiger partial charge in [-0.15, -0.1) is 0 Å². The maximum atomic E-state index is 5.23. The van der Waals surface area contributed by atoms with E-state index >= 15 is 0 Å². The van der Waals surface area contributed by atoms with Crippen molar-refractivity contribution in [3.8, 4) is 78.4 Å². The highest BCUT2D eigenvalue weighted by atomic mass is 14.9. The molecular weight excluding hydrogens is 737 g/mol. The molecule has 0 atom stereocenters. The van der Waals surface area contributed by atoms with Crippen LogP contribution >= 0.6 is 0 Å². The fourth-order valence-corrected chi connectivity index (χ4v) is 9.33. The number of fused-ring (bicyclic) bond motifs is 3. The van der Waals surface area contributed by atoms with E-state index in [4.69, 9.17) is 9.97 Å². The zero-order valence-electron chi connectivity index (χ0n) is 33.5. The first-order valence-electron chi connectivity index (χ1n) is 20.9. The van der Waals surface area contributed by atoms with E-state index in [1.54, 1.807) is 0 Å². The average molecular weight is 777 g/mol. The van der Waals surface area contributed by atoms with Crippen LogP contribution in [0.2, 0.25) is 0 Å². The molecule has 1 heterocycles. The van der Waals surface area contributed by atoms with Crippen LogP contribution < -0.4 is 0 Å². The van der Waals surface area contributed by atoms with Crippen molar-refractivity contribution < 1.29 is 0 Å². The van der Waals surface area contributed by atoms with Gasteiger partial charge in [-0.1, -0.05) is 237 Å². The van der Waals surface area contributed by atoms with E-state index in [9.17, 15) is 0 Å². The predicted octanol–water partition coefficient (Wildman–Crippen LogP) is 14.8. The normalized spacial score (nSPS) is 12.4. The minimum absolute atomic E-state index is 0.448. The molecule has 286 valence electrons. The second kappa shape index (κ2) is 15.3. The molecule has 0 bridgehead atoms. The molecule has 0 amide bonds. The summed E-state index contributed by atoms with van der Waals surface area (Å²) in [5.41, 5.74) is 19.1. The van der Waals surface area contributed by atoms with Crippen LogP contribution in [0.25, 0.3) is 78.4 Å². The van der Waals surface area contributed by atoms with Crippen LogP contribution in [0.3, 0.4) is 0 Å². The smallest absolute Gasteiger partial charge is 0.160 e. The van der Waals surface area contributed by atoms with Crippen molar-refractivity contribution >= 4 is 0 Å². The Hall–Kier alpha value is -7.94. The molecule has 2 nitrogen and oxygen atoms in total. The van der Waals surface area contributed by atoms with Gasteiger partial charge >= 0.3 is 0 Å². The van der Waals surface area contributed by atoms with E-state index in [2.05, 4.69) is 237 Å². The van der Waals surface area contributed by atoms with Crippen molar-refractivity contribution in [1.82, 2.24) is 9.97 Å². The molecule has 0 aliphatic heterocycles. The van der Waals surface area contributed by atoms with Gasteiger partial charge < -0.3 is 0 Å². The highest BCUT2D eigenvalue weighted by Gasteiger charge is 2.46. The summed E-state index contributed by atoms with van der Waals surface area (Å²) in [5.74, 6) is 0.693. The standard InChI is InChI=1S/C59H40N2/c1-5-16-41(17-6-1)43-28-34-46(35-29-43)55-40-56(61-58(60-55)48-38-30-44(31-39-48)42-18-7-2-8-19-42)47-36-32-45(33-37-47)51-25-15-27-54-57(51)52-24-13-14-26-53(52)59(54,49-20-9-3-10-21-49)50-22-11-4-12-23-50/h1-40H. The first-order chi connectivity index (χ1) is 30.2. The number of benzene rings is 9. The molecule has 1 aliphatic rings. The summed E-state index contributed by atoms with van der Waals surface area (Å²) in [6.07, 6.45) is 0. The van der Waals surface area contributed by atoms with Crippen LogP contribution in [0.4, 0.5) is 0 Å². The van der Waals surface area contributed by atoms with Gasteiger partial charge in [0.2, 0.25) is 0 Å². The van der Waals surface area contributed by atoms with Gasteiger partial charge in [-0.05, 0) is 72.8 Å². The Labute approximate surface area is 357 Å². The van der Waals surface area contributed by atoms with Crippen molar-refractivity contribution in [2.45, 2.75) is 5.41 Å². The first kappa shape index (κ1) is 36.2. The summed E-state index contributed by atoms with van der Waals surface area (Å²) in [4.78, 5) is 10.4. The van der Waals surface area contributed by atoms with Gasteiger partial charge in [0, 0.05) is 16.7 Å². The van der Waals surface area contributed by atoms with Gasteiger partial charge in [-0.3, -0.25) is 0 Å². The van der Waals surface area contributed by atoms with Crippen LogP contribution in [0.15, 0.2) is 243 Å². The topological polar surface area (TPSA) is 25.8 Å². The van der Waals surface area contributed by atoms with Gasteiger partial charge in [0.1, 0.15) is 0 Å². The number of hydrogen-bond donors (Lipinski definition) is 0. The molecule has 0 saturated heterocycles. The maximum Gasteiger partial charge on any atom is 0.160 e. The van der Waals surface area contributed by atoms with E-state index in [1.165, 1.54) is 55.6 Å². The molecule has 61 heavy (non-hydrogen) atoms. The molecule has 0 unspecified atom stereocenters. The summed E-state index contributed by atoms with van der Waals surface area (Å²) in [5, 5.41) is 0. The van der Waals surface area contributed by atoms with Crippen molar-refractivity contribution in [2.75, 3.05) is 0 Å². The van der Waals surface area contributed by atoms with E-state index in [0.29, 0.717) is 5.82 Å². The van der Waals surface area contributed by atoms with E-state index in [0.717, 1.165) is 39.2 Å². The molecule has 0 spiro atoms. The molecular formula is C59H40N2. The number of hydrogen-bond acceptors (Lipinski definition) is 2. The average Bonchev–Trinajstić information content (AvgIpc) is 3.66. The zero-order chi connectivity index (χ0) is 40.6. The molecule has 0 fully saturated rings. The lowest BCUT2D eigenvalue weighted by molar-refractivity contribution is 0.768. The Morgan fingerprint density at radius 3 is 1.16 bits per heavy atom. The molecule has 0 N–H and O–H groups in total. The fraction of sp³-hybridized carbons (Fsp3) is 0.0169. The lowest BCUT2D eigenvalue weighted by Gasteiger charge is -2.34.